The van der Waals surface area contributed by atoms with E-state index < -0.39 is 101 Å². The summed E-state index contributed by atoms with van der Waals surface area (Å²) < 4.78 is 214. The molecule has 0 fully saturated rings. The monoisotopic (exact) mass is 810 g/mol. The Balaban J connectivity index is 2.63. The van der Waals surface area contributed by atoms with Gasteiger partial charge in [0.15, 0.2) is 0 Å². The molecule has 0 heterocycles. The van der Waals surface area contributed by atoms with Crippen LogP contribution < -0.4 is 0 Å². The summed E-state index contributed by atoms with van der Waals surface area (Å²) in [5.41, 5.74) is -2.09. The molecular weight excluding hydrogens is 806 g/mol. The van der Waals surface area contributed by atoms with E-state index in [4.69, 9.17) is 55.5 Å². The van der Waals surface area contributed by atoms with E-state index in [1.165, 1.54) is 0 Å². The summed E-state index contributed by atoms with van der Waals surface area (Å²) in [6.07, 6.45) is 0. The number of halogens is 12. The minimum absolute atomic E-state index is 0.235. The molecule has 2 aromatic rings. The zero-order valence-corrected chi connectivity index (χ0v) is 26.2. The quantitative estimate of drug-likeness (QED) is 0.206. The second-order valence-electron chi connectivity index (χ2n) is 7.55. The fourth-order valence-electron chi connectivity index (χ4n) is 2.73. The van der Waals surface area contributed by atoms with Crippen molar-refractivity contribution in [2.75, 3.05) is 0 Å². The van der Waals surface area contributed by atoms with Gasteiger partial charge >= 0.3 is 50.4 Å². The fourth-order valence-corrected chi connectivity index (χ4v) is 10.3. The van der Waals surface area contributed by atoms with Gasteiger partial charge in [0, 0.05) is 9.79 Å². The van der Waals surface area contributed by atoms with E-state index in [9.17, 15) is 68.8 Å². The van der Waals surface area contributed by atoms with Gasteiger partial charge in [0.2, 0.25) is 0 Å². The second-order valence-corrected chi connectivity index (χ2v) is 17.5. The SMILES string of the molecule is O=S(=O)(O)C(F)(F)C(F)(F)S(=O)(=O)c1c(Cl)cc(Sc2cc(Cl)c(C(F)(F)S(=O)(=O)C(F)(F)S(=O)(=O)O)c(Cl)c2)cc1Cl. The molecule has 0 unspecified atom stereocenters. The lowest BCUT2D eigenvalue weighted by atomic mass is 10.2. The Labute approximate surface area is 259 Å². The number of benzene rings is 2. The van der Waals surface area contributed by atoms with Gasteiger partial charge in [0.05, 0.1) is 25.7 Å². The molecule has 0 bridgehead atoms. The van der Waals surface area contributed by atoms with Crippen molar-refractivity contribution in [2.24, 2.45) is 0 Å². The van der Waals surface area contributed by atoms with E-state index in [1.807, 2.05) is 0 Å². The van der Waals surface area contributed by atoms with E-state index in [0.29, 0.717) is 24.3 Å². The van der Waals surface area contributed by atoms with Gasteiger partial charge in [-0.15, -0.1) is 0 Å². The van der Waals surface area contributed by atoms with Crippen molar-refractivity contribution in [3.63, 3.8) is 0 Å². The predicted octanol–water partition coefficient (Wildman–Crippen LogP) is 6.20. The maximum atomic E-state index is 14.7. The second kappa shape index (κ2) is 11.4. The molecule has 0 atom stereocenters. The first kappa shape index (κ1) is 38.3. The number of sulfone groups is 2. The summed E-state index contributed by atoms with van der Waals surface area (Å²) in [5, 5.41) is -24.6. The molecule has 2 N–H and O–H groups in total. The molecule has 0 saturated heterocycles. The average Bonchev–Trinajstić information content (AvgIpc) is 2.75. The van der Waals surface area contributed by atoms with Gasteiger partial charge < -0.3 is 0 Å². The van der Waals surface area contributed by atoms with E-state index in [-0.39, 0.29) is 11.8 Å². The third kappa shape index (κ3) is 6.15. The highest BCUT2D eigenvalue weighted by Gasteiger charge is 2.74. The fraction of sp³-hybridized carbons (Fsp3) is 0.250. The van der Waals surface area contributed by atoms with Crippen LogP contribution in [0, 0.1) is 0 Å². The Morgan fingerprint density at radius 1 is 0.581 bits per heavy atom. The first-order chi connectivity index (χ1) is 18.8. The summed E-state index contributed by atoms with van der Waals surface area (Å²) in [5.74, 6) is 0. The normalized spacial score (nSPS) is 14.7. The van der Waals surface area contributed by atoms with E-state index in [0.717, 1.165) is 0 Å². The molecule has 2 rings (SSSR count). The maximum absolute atomic E-state index is 14.7. The molecular formula is C16H6Cl4F8O10S5. The van der Waals surface area contributed by atoms with Crippen LogP contribution in [0.15, 0.2) is 39.0 Å². The molecule has 0 aliphatic carbocycles. The van der Waals surface area contributed by atoms with Crippen molar-refractivity contribution < 1.29 is 77.9 Å². The minimum Gasteiger partial charge on any atom is -0.281 e. The summed E-state index contributed by atoms with van der Waals surface area (Å²) in [6, 6.07) is 1.65. The molecule has 0 amide bonds. The average molecular weight is 812 g/mol. The van der Waals surface area contributed by atoms with Crippen LogP contribution in [0.3, 0.4) is 0 Å². The van der Waals surface area contributed by atoms with Crippen LogP contribution >= 0.6 is 58.2 Å². The van der Waals surface area contributed by atoms with Gasteiger partial charge in [0.25, 0.3) is 9.84 Å². The van der Waals surface area contributed by atoms with Crippen molar-refractivity contribution in [1.82, 2.24) is 0 Å². The molecule has 0 aliphatic heterocycles. The largest absolute Gasteiger partial charge is 0.476 e. The van der Waals surface area contributed by atoms with Crippen LogP contribution in [0.4, 0.5) is 35.1 Å². The van der Waals surface area contributed by atoms with Crippen LogP contribution in [-0.4, -0.2) is 57.9 Å². The lowest BCUT2D eigenvalue weighted by molar-refractivity contribution is -0.101. The minimum atomic E-state index is -7.47. The molecule has 10 nitrogen and oxygen atoms in total. The maximum Gasteiger partial charge on any atom is 0.476 e. The van der Waals surface area contributed by atoms with E-state index in [2.05, 4.69) is 0 Å². The van der Waals surface area contributed by atoms with Gasteiger partial charge in [-0.3, -0.25) is 9.11 Å². The van der Waals surface area contributed by atoms with E-state index >= 15 is 0 Å². The van der Waals surface area contributed by atoms with Crippen LogP contribution in [-0.2, 0) is 45.2 Å². The smallest absolute Gasteiger partial charge is 0.281 e. The molecule has 0 radical (unpaired) electrons. The molecule has 27 heteroatoms. The lowest BCUT2D eigenvalue weighted by Crippen LogP contribution is -2.51. The van der Waals surface area contributed by atoms with Crippen molar-refractivity contribution >= 4 is 98.1 Å². The van der Waals surface area contributed by atoms with Crippen molar-refractivity contribution in [3.05, 3.63) is 49.9 Å². The Kier molecular flexibility index (Phi) is 10.2. The van der Waals surface area contributed by atoms with Gasteiger partial charge in [-0.25, -0.2) is 16.8 Å². The van der Waals surface area contributed by atoms with Crippen LogP contribution in [0.25, 0.3) is 0 Å². The molecule has 0 spiro atoms. The number of rotatable bonds is 10. The summed E-state index contributed by atoms with van der Waals surface area (Å²) in [6.45, 7) is 0. The van der Waals surface area contributed by atoms with Gasteiger partial charge in [-0.1, -0.05) is 58.2 Å². The van der Waals surface area contributed by atoms with Gasteiger partial charge in [-0.05, 0) is 24.3 Å². The summed E-state index contributed by atoms with van der Waals surface area (Å²) >= 11 is 22.6. The molecule has 244 valence electrons. The number of hydrogen-bond donors (Lipinski definition) is 2. The zero-order chi connectivity index (χ0) is 34.2. The first-order valence-corrected chi connectivity index (χ1v) is 17.6. The molecule has 2 aromatic carbocycles. The summed E-state index contributed by atoms with van der Waals surface area (Å²) in [7, 11) is -28.3. The molecule has 43 heavy (non-hydrogen) atoms. The third-order valence-electron chi connectivity index (χ3n) is 4.73. The first-order valence-electron chi connectivity index (χ1n) is 9.41. The van der Waals surface area contributed by atoms with Crippen molar-refractivity contribution in [2.45, 2.75) is 35.0 Å². The Morgan fingerprint density at radius 2 is 0.930 bits per heavy atom. The zero-order valence-electron chi connectivity index (χ0n) is 19.0. The highest BCUT2D eigenvalue weighted by Crippen LogP contribution is 2.51. The number of hydrogen-bond acceptors (Lipinski definition) is 9. The molecule has 0 aromatic heterocycles. The predicted molar refractivity (Wildman–Crippen MR) is 135 cm³/mol. The standard InChI is InChI=1S/C16H6Cl4F8O10S5/c17-7-1-5(2-8(18)11(7)13(21,22)41(31,32)16(27,28)43(36,37)38)39-6-3-9(19)12(10(20)4-6)40(29,30)14(23,24)15(25,26)42(33,34)35/h1-4H,(H,33,34,35)(H,36,37,38). The van der Waals surface area contributed by atoms with Crippen LogP contribution in [0.5, 0.6) is 0 Å². The highest BCUT2D eigenvalue weighted by atomic mass is 35.5. The van der Waals surface area contributed by atoms with Crippen molar-refractivity contribution in [3.8, 4) is 0 Å². The third-order valence-corrected chi connectivity index (χ3v) is 13.4. The van der Waals surface area contributed by atoms with Crippen LogP contribution in [0.2, 0.25) is 20.1 Å². The molecule has 0 saturated carbocycles. The lowest BCUT2D eigenvalue weighted by Gasteiger charge is -2.24. The Bertz CT molecular complexity index is 1890. The Morgan fingerprint density at radius 3 is 1.26 bits per heavy atom. The van der Waals surface area contributed by atoms with Crippen LogP contribution in [0.1, 0.15) is 5.56 Å². The van der Waals surface area contributed by atoms with Crippen molar-refractivity contribution in [1.29, 1.82) is 0 Å². The summed E-state index contributed by atoms with van der Waals surface area (Å²) in [4.78, 5) is -2.86. The molecule has 0 aliphatic rings. The van der Waals surface area contributed by atoms with E-state index in [1.54, 1.807) is 0 Å². The topological polar surface area (TPSA) is 177 Å². The highest BCUT2D eigenvalue weighted by molar-refractivity contribution is 8.07. The Hall–Kier alpha value is -0.890. The number of alkyl halides is 8. The van der Waals surface area contributed by atoms with Gasteiger partial charge in [0.1, 0.15) is 4.90 Å². The van der Waals surface area contributed by atoms with Gasteiger partial charge in [-0.2, -0.15) is 52.0 Å².